The molecule has 0 aliphatic carbocycles. The first-order valence-corrected chi connectivity index (χ1v) is 6.05. The summed E-state index contributed by atoms with van der Waals surface area (Å²) in [6.07, 6.45) is 0. The summed E-state index contributed by atoms with van der Waals surface area (Å²) in [5.74, 6) is -2.50. The van der Waals surface area contributed by atoms with Crippen molar-refractivity contribution in [2.24, 2.45) is 7.05 Å². The van der Waals surface area contributed by atoms with Gasteiger partial charge in [0, 0.05) is 18.8 Å². The van der Waals surface area contributed by atoms with E-state index in [-0.39, 0.29) is 12.4 Å². The molecule has 1 aromatic heterocycles. The quantitative estimate of drug-likeness (QED) is 0.877. The van der Waals surface area contributed by atoms with Crippen LogP contribution in [0.2, 0.25) is 0 Å². The van der Waals surface area contributed by atoms with Gasteiger partial charge < -0.3 is 9.67 Å². The van der Waals surface area contributed by atoms with Gasteiger partial charge in [-0.1, -0.05) is 0 Å². The van der Waals surface area contributed by atoms with Gasteiger partial charge in [0.25, 0.3) is 5.56 Å². The van der Waals surface area contributed by atoms with Crippen LogP contribution in [-0.2, 0) is 7.05 Å². The summed E-state index contributed by atoms with van der Waals surface area (Å²) in [6.45, 7) is 1.53. The average molecular weight is 340 g/mol. The number of aryl methyl sites for hydroxylation is 1. The van der Waals surface area contributed by atoms with Gasteiger partial charge in [0.1, 0.15) is 11.9 Å². The van der Waals surface area contributed by atoms with Crippen molar-refractivity contribution in [2.45, 2.75) is 6.92 Å². The number of nitriles is 1. The highest BCUT2D eigenvalue weighted by Gasteiger charge is 2.19. The third kappa shape index (κ3) is 3.00. The van der Waals surface area contributed by atoms with Gasteiger partial charge in [-0.2, -0.15) is 5.26 Å². The van der Waals surface area contributed by atoms with Crippen molar-refractivity contribution in [1.29, 1.82) is 5.26 Å². The fourth-order valence-electron chi connectivity index (χ4n) is 1.96. The molecule has 9 heteroatoms. The Hall–Kier alpha value is -2.92. The number of carboxylic acid groups (broad SMARTS) is 1. The van der Waals surface area contributed by atoms with Crippen LogP contribution >= 0.6 is 12.4 Å². The molecule has 1 heterocycles. The van der Waals surface area contributed by atoms with Gasteiger partial charge in [-0.3, -0.25) is 4.79 Å². The van der Waals surface area contributed by atoms with E-state index >= 15 is 0 Å². The Bertz CT molecular complexity index is 956. The number of benzene rings is 1. The van der Waals surface area contributed by atoms with E-state index in [0.717, 1.165) is 16.7 Å². The molecule has 0 unspecified atom stereocenters. The summed E-state index contributed by atoms with van der Waals surface area (Å²) in [4.78, 5) is 35.2. The molecule has 1 N–H and O–H groups in total. The molecule has 0 saturated heterocycles. The predicted molar refractivity (Wildman–Crippen MR) is 80.9 cm³/mol. The molecule has 0 atom stereocenters. The predicted octanol–water partition coefficient (Wildman–Crippen LogP) is 0.975. The fraction of sp³-hybridized carbons (Fsp3) is 0.143. The zero-order valence-corrected chi connectivity index (χ0v) is 12.8. The third-order valence-electron chi connectivity index (χ3n) is 3.24. The smallest absolute Gasteiger partial charge is 0.337 e. The lowest BCUT2D eigenvalue weighted by Gasteiger charge is -2.11. The number of hydrogen-bond donors (Lipinski definition) is 1. The van der Waals surface area contributed by atoms with Gasteiger partial charge in [-0.15, -0.1) is 12.4 Å². The summed E-state index contributed by atoms with van der Waals surface area (Å²) < 4.78 is 15.8. The monoisotopic (exact) mass is 339 g/mol. The minimum atomic E-state index is -1.46. The molecule has 2 aromatic rings. The lowest BCUT2D eigenvalue weighted by Crippen LogP contribution is -2.38. The standard InChI is InChI=1S/C14H10FN3O4.ClH/c1-7-3-12(19)18(14(22)17(7)2)11-5-9(13(20)21)8(6-16)4-10(11)15;/h3-5H,1-2H3,(H,20,21);1H. The highest BCUT2D eigenvalue weighted by molar-refractivity contribution is 5.91. The van der Waals surface area contributed by atoms with E-state index in [9.17, 15) is 18.8 Å². The lowest BCUT2D eigenvalue weighted by molar-refractivity contribution is 0.0696. The molecule has 0 saturated carbocycles. The zero-order valence-electron chi connectivity index (χ0n) is 12.0. The zero-order chi connectivity index (χ0) is 16.6. The molecule has 23 heavy (non-hydrogen) atoms. The number of carbonyl (C=O) groups is 1. The Kier molecular flexibility index (Phi) is 5.09. The number of halogens is 2. The molecule has 7 nitrogen and oxygen atoms in total. The topological polar surface area (TPSA) is 105 Å². The van der Waals surface area contributed by atoms with Crippen molar-refractivity contribution >= 4 is 18.4 Å². The van der Waals surface area contributed by atoms with Gasteiger partial charge in [0.05, 0.1) is 16.8 Å². The van der Waals surface area contributed by atoms with Crippen LogP contribution in [0.1, 0.15) is 21.6 Å². The van der Waals surface area contributed by atoms with Gasteiger partial charge in [-0.05, 0) is 19.1 Å². The molecule has 0 aliphatic rings. The van der Waals surface area contributed by atoms with Crippen molar-refractivity contribution in [2.75, 3.05) is 0 Å². The van der Waals surface area contributed by atoms with Crippen LogP contribution in [0.5, 0.6) is 0 Å². The number of nitrogens with zero attached hydrogens (tertiary/aromatic N) is 3. The Balaban J connectivity index is 0.00000264. The highest BCUT2D eigenvalue weighted by Crippen LogP contribution is 2.17. The molecular formula is C14H11ClFN3O4. The van der Waals surface area contributed by atoms with Crippen molar-refractivity contribution < 1.29 is 14.3 Å². The molecule has 0 radical (unpaired) electrons. The fourth-order valence-corrected chi connectivity index (χ4v) is 1.96. The normalized spacial score (nSPS) is 9.83. The molecule has 120 valence electrons. The largest absolute Gasteiger partial charge is 0.478 e. The number of aromatic carboxylic acids is 1. The molecule has 1 aromatic carbocycles. The van der Waals surface area contributed by atoms with Crippen molar-refractivity contribution in [3.63, 3.8) is 0 Å². The van der Waals surface area contributed by atoms with Crippen molar-refractivity contribution in [3.05, 3.63) is 61.7 Å². The highest BCUT2D eigenvalue weighted by atomic mass is 35.5. The summed E-state index contributed by atoms with van der Waals surface area (Å²) >= 11 is 0. The Morgan fingerprint density at radius 2 is 1.91 bits per heavy atom. The molecule has 0 fully saturated rings. The Morgan fingerprint density at radius 1 is 1.30 bits per heavy atom. The molecule has 0 amide bonds. The summed E-state index contributed by atoms with van der Waals surface area (Å²) in [7, 11) is 1.40. The number of rotatable bonds is 2. The maximum atomic E-state index is 14.1. The van der Waals surface area contributed by atoms with E-state index < -0.39 is 39.8 Å². The van der Waals surface area contributed by atoms with E-state index in [4.69, 9.17) is 10.4 Å². The first kappa shape index (κ1) is 18.1. The summed E-state index contributed by atoms with van der Waals surface area (Å²) in [5, 5.41) is 17.9. The maximum absolute atomic E-state index is 14.1. The van der Waals surface area contributed by atoms with Crippen LogP contribution in [0, 0.1) is 24.1 Å². The van der Waals surface area contributed by atoms with Crippen LogP contribution in [0.15, 0.2) is 27.8 Å². The Morgan fingerprint density at radius 3 is 2.43 bits per heavy atom. The van der Waals surface area contributed by atoms with Crippen LogP contribution < -0.4 is 11.2 Å². The van der Waals surface area contributed by atoms with Gasteiger partial charge in [-0.25, -0.2) is 18.5 Å². The van der Waals surface area contributed by atoms with E-state index in [0.29, 0.717) is 16.3 Å². The molecule has 0 aliphatic heterocycles. The minimum Gasteiger partial charge on any atom is -0.478 e. The first-order valence-electron chi connectivity index (χ1n) is 6.05. The second-order valence-corrected chi connectivity index (χ2v) is 4.57. The minimum absolute atomic E-state index is 0. The summed E-state index contributed by atoms with van der Waals surface area (Å²) in [6, 6.07) is 4.16. The maximum Gasteiger partial charge on any atom is 0.337 e. The second kappa shape index (κ2) is 6.46. The molecule has 0 bridgehead atoms. The van der Waals surface area contributed by atoms with Gasteiger partial charge in [0.15, 0.2) is 0 Å². The number of aromatic nitrogens is 2. The first-order chi connectivity index (χ1) is 10.3. The lowest BCUT2D eigenvalue weighted by atomic mass is 10.1. The number of carboxylic acids is 1. The van der Waals surface area contributed by atoms with Gasteiger partial charge >= 0.3 is 11.7 Å². The van der Waals surface area contributed by atoms with Gasteiger partial charge in [0.2, 0.25) is 0 Å². The molecule has 2 rings (SSSR count). The number of hydrogen-bond acceptors (Lipinski definition) is 4. The van der Waals surface area contributed by atoms with Crippen molar-refractivity contribution in [1.82, 2.24) is 9.13 Å². The van der Waals surface area contributed by atoms with E-state index in [2.05, 4.69) is 0 Å². The van der Waals surface area contributed by atoms with Crippen LogP contribution in [-0.4, -0.2) is 20.2 Å². The van der Waals surface area contributed by atoms with Crippen LogP contribution in [0.3, 0.4) is 0 Å². The van der Waals surface area contributed by atoms with E-state index in [1.165, 1.54) is 14.0 Å². The summed E-state index contributed by atoms with van der Waals surface area (Å²) in [5.41, 5.74) is -2.63. The Labute approximate surface area is 135 Å². The van der Waals surface area contributed by atoms with Crippen molar-refractivity contribution in [3.8, 4) is 11.8 Å². The van der Waals surface area contributed by atoms with Crippen LogP contribution in [0.4, 0.5) is 4.39 Å². The SMILES string of the molecule is Cc1cc(=O)n(-c2cc(C(=O)O)c(C#N)cc2F)c(=O)n1C.Cl. The second-order valence-electron chi connectivity index (χ2n) is 4.57. The van der Waals surface area contributed by atoms with E-state index in [1.54, 1.807) is 6.07 Å². The third-order valence-corrected chi connectivity index (χ3v) is 3.24. The molecule has 0 spiro atoms. The average Bonchev–Trinajstić information content (AvgIpc) is 2.45. The van der Waals surface area contributed by atoms with E-state index in [1.807, 2.05) is 0 Å². The van der Waals surface area contributed by atoms with Crippen LogP contribution in [0.25, 0.3) is 5.69 Å². The molecular weight excluding hydrogens is 329 g/mol.